The number of likely N-dealkylation sites (tertiary alicyclic amines) is 1. The van der Waals surface area contributed by atoms with E-state index in [-0.39, 0.29) is 16.9 Å². The van der Waals surface area contributed by atoms with E-state index in [1.54, 1.807) is 11.1 Å². The van der Waals surface area contributed by atoms with Crippen molar-refractivity contribution in [1.82, 2.24) is 14.3 Å². The number of pyridine rings is 1. The van der Waals surface area contributed by atoms with Crippen LogP contribution in [0.4, 0.5) is 14.9 Å². The van der Waals surface area contributed by atoms with Crippen LogP contribution in [0, 0.1) is 19.7 Å². The average Bonchev–Trinajstić information content (AvgIpc) is 3.29. The number of hydrogen-bond donors (Lipinski definition) is 1. The molecule has 176 valence electrons. The Balaban J connectivity index is 1.42. The van der Waals surface area contributed by atoms with Crippen LogP contribution in [0.2, 0.25) is 0 Å². The minimum atomic E-state index is -0.535. The number of piperidine rings is 1. The number of nitrogens with one attached hydrogen (secondary N) is 1. The highest BCUT2D eigenvalue weighted by molar-refractivity contribution is 7.14. The molecule has 33 heavy (non-hydrogen) atoms. The molecule has 0 bridgehead atoms. The van der Waals surface area contributed by atoms with Gasteiger partial charge < -0.3 is 19.4 Å². The maximum absolute atomic E-state index is 14.7. The molecule has 0 aliphatic carbocycles. The van der Waals surface area contributed by atoms with Crippen molar-refractivity contribution >= 4 is 34.7 Å². The van der Waals surface area contributed by atoms with Crippen molar-refractivity contribution < 1.29 is 18.7 Å². The Hall–Kier alpha value is -2.94. The molecule has 4 heterocycles. The first-order chi connectivity index (χ1) is 15.5. The van der Waals surface area contributed by atoms with E-state index in [2.05, 4.69) is 10.3 Å². The Morgan fingerprint density at radius 2 is 1.88 bits per heavy atom. The molecule has 9 heteroatoms. The molecule has 0 atom stereocenters. The molecular formula is C24H29FN4O3S. The van der Waals surface area contributed by atoms with Gasteiger partial charge in [-0.3, -0.25) is 4.79 Å². The first-order valence-electron chi connectivity index (χ1n) is 11.0. The number of thiophene rings is 1. The van der Waals surface area contributed by atoms with Crippen molar-refractivity contribution in [2.24, 2.45) is 0 Å². The third-order valence-corrected chi connectivity index (χ3v) is 6.85. The maximum Gasteiger partial charge on any atom is 0.410 e. The smallest absolute Gasteiger partial charge is 0.410 e. The van der Waals surface area contributed by atoms with Crippen LogP contribution in [0.1, 0.15) is 65.3 Å². The van der Waals surface area contributed by atoms with E-state index < -0.39 is 17.3 Å². The zero-order valence-corrected chi connectivity index (χ0v) is 20.4. The highest BCUT2D eigenvalue weighted by Crippen LogP contribution is 2.35. The summed E-state index contributed by atoms with van der Waals surface area (Å²) in [6, 6.07) is 3.29. The van der Waals surface area contributed by atoms with Gasteiger partial charge in [0.2, 0.25) is 0 Å². The van der Waals surface area contributed by atoms with Gasteiger partial charge in [-0.05, 0) is 71.1 Å². The fourth-order valence-electron chi connectivity index (χ4n) is 4.06. The van der Waals surface area contributed by atoms with E-state index in [4.69, 9.17) is 4.74 Å². The lowest BCUT2D eigenvalue weighted by atomic mass is 9.95. The summed E-state index contributed by atoms with van der Waals surface area (Å²) < 4.78 is 22.0. The Labute approximate surface area is 196 Å². The van der Waals surface area contributed by atoms with Crippen molar-refractivity contribution in [2.75, 3.05) is 18.4 Å². The van der Waals surface area contributed by atoms with E-state index >= 15 is 0 Å². The highest BCUT2D eigenvalue weighted by Gasteiger charge is 2.29. The maximum atomic E-state index is 14.7. The topological polar surface area (TPSA) is 75.9 Å². The van der Waals surface area contributed by atoms with Gasteiger partial charge in [0.05, 0.1) is 11.4 Å². The molecule has 4 rings (SSSR count). The quantitative estimate of drug-likeness (QED) is 0.545. The number of carbonyl (C=O) groups is 2. The first kappa shape index (κ1) is 23.2. The Bertz CT molecular complexity index is 1200. The second-order valence-electron chi connectivity index (χ2n) is 9.55. The van der Waals surface area contributed by atoms with Gasteiger partial charge in [0.1, 0.15) is 21.9 Å². The number of nitrogens with zero attached hydrogens (tertiary/aromatic N) is 3. The van der Waals surface area contributed by atoms with Crippen LogP contribution in [-0.4, -0.2) is 45.0 Å². The van der Waals surface area contributed by atoms with Gasteiger partial charge >= 0.3 is 6.09 Å². The lowest BCUT2D eigenvalue weighted by Gasteiger charge is -2.33. The van der Waals surface area contributed by atoms with Crippen molar-refractivity contribution in [1.29, 1.82) is 0 Å². The number of hydrogen-bond acceptors (Lipinski definition) is 5. The van der Waals surface area contributed by atoms with Crippen LogP contribution in [0.15, 0.2) is 24.5 Å². The average molecular weight is 473 g/mol. The molecule has 1 saturated heterocycles. The van der Waals surface area contributed by atoms with Crippen LogP contribution in [0.25, 0.3) is 5.65 Å². The van der Waals surface area contributed by atoms with Gasteiger partial charge in [-0.2, -0.15) is 0 Å². The molecule has 0 spiro atoms. The summed E-state index contributed by atoms with van der Waals surface area (Å²) in [5, 5.41) is 2.81. The molecule has 0 radical (unpaired) electrons. The Morgan fingerprint density at radius 3 is 2.55 bits per heavy atom. The van der Waals surface area contributed by atoms with Crippen molar-refractivity contribution in [2.45, 2.75) is 59.0 Å². The standard InChI is InChI=1S/C24H29FN4O3S/c1-14-10-17(13-29-12-15(2)26-21(14)29)27-22(30)20-18(25)11-19(33-20)16-6-8-28(9-7-16)23(31)32-24(3,4)5/h10-13,16H,6-9H2,1-5H3,(H,27,30). The molecule has 0 unspecified atom stereocenters. The number of amides is 2. The molecule has 1 N–H and O–H groups in total. The second kappa shape index (κ2) is 8.78. The fraction of sp³-hybridized carbons (Fsp3) is 0.458. The first-order valence-corrected chi connectivity index (χ1v) is 11.9. The largest absolute Gasteiger partial charge is 0.444 e. The molecular weight excluding hydrogens is 443 g/mol. The predicted octanol–water partition coefficient (Wildman–Crippen LogP) is 5.52. The monoisotopic (exact) mass is 472 g/mol. The van der Waals surface area contributed by atoms with E-state index in [9.17, 15) is 14.0 Å². The predicted molar refractivity (Wildman–Crippen MR) is 127 cm³/mol. The number of fused-ring (bicyclic) bond motifs is 1. The van der Waals surface area contributed by atoms with Crippen molar-refractivity contribution in [3.63, 3.8) is 0 Å². The number of aryl methyl sites for hydroxylation is 2. The van der Waals surface area contributed by atoms with Crippen LogP contribution >= 0.6 is 11.3 Å². The molecule has 2 amide bonds. The highest BCUT2D eigenvalue weighted by atomic mass is 32.1. The van der Waals surface area contributed by atoms with E-state index in [1.807, 2.05) is 51.3 Å². The Morgan fingerprint density at radius 1 is 1.18 bits per heavy atom. The zero-order chi connectivity index (χ0) is 23.9. The number of imidazole rings is 1. The summed E-state index contributed by atoms with van der Waals surface area (Å²) >= 11 is 1.18. The summed E-state index contributed by atoms with van der Waals surface area (Å²) in [6.45, 7) is 10.4. The van der Waals surface area contributed by atoms with Crippen molar-refractivity contribution in [3.8, 4) is 0 Å². The minimum Gasteiger partial charge on any atom is -0.444 e. The Kier molecular flexibility index (Phi) is 6.18. The molecule has 0 aromatic carbocycles. The van der Waals surface area contributed by atoms with Crippen LogP contribution in [0.5, 0.6) is 0 Å². The summed E-state index contributed by atoms with van der Waals surface area (Å²) in [6.07, 6.45) is 4.75. The SMILES string of the molecule is Cc1cn2cc(NC(=O)c3sc(C4CCN(C(=O)OC(C)(C)C)CC4)cc3F)cc(C)c2n1. The van der Waals surface area contributed by atoms with Gasteiger partial charge in [-0.25, -0.2) is 14.2 Å². The fourth-order valence-corrected chi connectivity index (χ4v) is 5.16. The zero-order valence-electron chi connectivity index (χ0n) is 19.6. The van der Waals surface area contributed by atoms with E-state index in [1.165, 1.54) is 17.4 Å². The molecule has 1 aliphatic heterocycles. The molecule has 0 saturated carbocycles. The van der Waals surface area contributed by atoms with Gasteiger partial charge in [0, 0.05) is 30.4 Å². The van der Waals surface area contributed by atoms with Crippen LogP contribution < -0.4 is 5.32 Å². The number of ether oxygens (including phenoxy) is 1. The van der Waals surface area contributed by atoms with Crippen LogP contribution in [-0.2, 0) is 4.74 Å². The minimum absolute atomic E-state index is 0.0686. The summed E-state index contributed by atoms with van der Waals surface area (Å²) in [5.74, 6) is -0.874. The molecule has 3 aromatic heterocycles. The van der Waals surface area contributed by atoms with Gasteiger partial charge in [0.15, 0.2) is 0 Å². The molecule has 7 nitrogen and oxygen atoms in total. The number of rotatable bonds is 3. The number of halogens is 1. The lowest BCUT2D eigenvalue weighted by Crippen LogP contribution is -2.41. The number of anilines is 1. The summed E-state index contributed by atoms with van der Waals surface area (Å²) in [7, 11) is 0. The van der Waals surface area contributed by atoms with Gasteiger partial charge in [-0.15, -0.1) is 11.3 Å². The van der Waals surface area contributed by atoms with Gasteiger partial charge in [0.25, 0.3) is 5.91 Å². The molecule has 1 fully saturated rings. The van der Waals surface area contributed by atoms with Crippen LogP contribution in [0.3, 0.4) is 0 Å². The second-order valence-corrected chi connectivity index (χ2v) is 10.6. The molecule has 1 aliphatic rings. The third kappa shape index (κ3) is 5.19. The van der Waals surface area contributed by atoms with E-state index in [0.717, 1.165) is 21.8 Å². The van der Waals surface area contributed by atoms with Gasteiger partial charge in [-0.1, -0.05) is 0 Å². The van der Waals surface area contributed by atoms with Crippen molar-refractivity contribution in [3.05, 3.63) is 51.4 Å². The number of carbonyl (C=O) groups excluding carboxylic acids is 2. The lowest BCUT2D eigenvalue weighted by molar-refractivity contribution is 0.0205. The summed E-state index contributed by atoms with van der Waals surface area (Å²) in [5.41, 5.74) is 2.68. The normalized spacial score (nSPS) is 15.2. The van der Waals surface area contributed by atoms with E-state index in [0.29, 0.717) is 31.6 Å². The third-order valence-electron chi connectivity index (χ3n) is 5.57. The number of aromatic nitrogens is 2. The molecule has 3 aromatic rings. The summed E-state index contributed by atoms with van der Waals surface area (Å²) in [4.78, 5) is 32.1.